The maximum absolute atomic E-state index is 11.1. The van der Waals surface area contributed by atoms with E-state index in [1.54, 1.807) is 6.07 Å². The van der Waals surface area contributed by atoms with Crippen LogP contribution in [0.1, 0.15) is 16.1 Å². The molecule has 1 aromatic heterocycles. The molecular weight excluding hydrogens is 258 g/mol. The van der Waals surface area contributed by atoms with Gasteiger partial charge in [-0.25, -0.2) is 4.79 Å². The molecule has 0 aliphatic heterocycles. The van der Waals surface area contributed by atoms with Gasteiger partial charge in [0.2, 0.25) is 0 Å². The van der Waals surface area contributed by atoms with Crippen LogP contribution < -0.4 is 11.1 Å². The number of nitrogens with zero attached hydrogens (tertiary/aromatic N) is 1. The van der Waals surface area contributed by atoms with Crippen LogP contribution in [0.15, 0.2) is 29.0 Å². The van der Waals surface area contributed by atoms with Crippen LogP contribution in [0.3, 0.4) is 0 Å². The minimum Gasteiger partial charge on any atom is -0.478 e. The van der Waals surface area contributed by atoms with Crippen LogP contribution in [-0.2, 0) is 6.54 Å². The van der Waals surface area contributed by atoms with E-state index in [9.17, 15) is 4.79 Å². The molecule has 2 rings (SSSR count). The van der Waals surface area contributed by atoms with Crippen LogP contribution in [0.4, 0.5) is 11.4 Å². The number of hydrogen-bond acceptors (Lipinski definition) is 5. The predicted octanol–water partition coefficient (Wildman–Crippen LogP) is 2.22. The maximum atomic E-state index is 11.1. The summed E-state index contributed by atoms with van der Waals surface area (Å²) in [4.78, 5) is 11.1. The predicted molar refractivity (Wildman–Crippen MR) is 66.7 cm³/mol. The highest BCUT2D eigenvalue weighted by Gasteiger charge is 2.14. The summed E-state index contributed by atoms with van der Waals surface area (Å²) in [6, 6.07) is 4.50. The molecule has 0 unspecified atom stereocenters. The van der Waals surface area contributed by atoms with Crippen LogP contribution in [0, 0.1) is 0 Å². The van der Waals surface area contributed by atoms with Gasteiger partial charge in [-0.05, 0) is 12.1 Å². The normalized spacial score (nSPS) is 10.3. The molecule has 0 bridgehead atoms. The average molecular weight is 268 g/mol. The Morgan fingerprint density at radius 3 is 2.94 bits per heavy atom. The van der Waals surface area contributed by atoms with Crippen molar-refractivity contribution in [2.75, 3.05) is 11.1 Å². The second-order valence-electron chi connectivity index (χ2n) is 3.57. The number of rotatable bonds is 4. The number of anilines is 2. The lowest BCUT2D eigenvalue weighted by Crippen LogP contribution is -2.08. The first-order valence-electron chi connectivity index (χ1n) is 5.03. The molecule has 0 saturated heterocycles. The minimum absolute atomic E-state index is 0.0171. The zero-order valence-corrected chi connectivity index (χ0v) is 9.94. The fourth-order valence-electron chi connectivity index (χ4n) is 1.48. The second-order valence-corrected chi connectivity index (χ2v) is 3.98. The van der Waals surface area contributed by atoms with Gasteiger partial charge in [-0.3, -0.25) is 0 Å². The van der Waals surface area contributed by atoms with Crippen molar-refractivity contribution in [2.45, 2.75) is 6.54 Å². The van der Waals surface area contributed by atoms with E-state index >= 15 is 0 Å². The summed E-state index contributed by atoms with van der Waals surface area (Å²) in [5.41, 5.74) is 6.81. The summed E-state index contributed by atoms with van der Waals surface area (Å²) in [7, 11) is 0. The van der Waals surface area contributed by atoms with E-state index in [0.717, 1.165) is 0 Å². The number of aromatic nitrogens is 1. The fraction of sp³-hybridized carbons (Fsp3) is 0.0909. The number of carbonyl (C=O) groups is 1. The number of carboxylic acid groups (broad SMARTS) is 1. The van der Waals surface area contributed by atoms with E-state index in [4.69, 9.17) is 22.4 Å². The zero-order valence-electron chi connectivity index (χ0n) is 9.18. The van der Waals surface area contributed by atoms with E-state index < -0.39 is 5.97 Å². The summed E-state index contributed by atoms with van der Waals surface area (Å²) in [5.74, 6) is -1.10. The van der Waals surface area contributed by atoms with Crippen molar-refractivity contribution in [3.05, 3.63) is 40.7 Å². The van der Waals surface area contributed by atoms with Crippen molar-refractivity contribution in [3.63, 3.8) is 0 Å². The van der Waals surface area contributed by atoms with Crippen LogP contribution in [0.25, 0.3) is 0 Å². The van der Waals surface area contributed by atoms with E-state index in [0.29, 0.717) is 23.6 Å². The average Bonchev–Trinajstić information content (AvgIpc) is 2.79. The molecule has 2 aromatic rings. The molecule has 1 aromatic carbocycles. The van der Waals surface area contributed by atoms with E-state index in [2.05, 4.69) is 15.0 Å². The van der Waals surface area contributed by atoms with Gasteiger partial charge < -0.3 is 20.7 Å². The molecular formula is C11H10ClN3O3. The van der Waals surface area contributed by atoms with Gasteiger partial charge >= 0.3 is 5.97 Å². The Bertz CT molecular complexity index is 569. The quantitative estimate of drug-likeness (QED) is 0.734. The van der Waals surface area contributed by atoms with Gasteiger partial charge in [-0.15, -0.1) is 0 Å². The number of nitrogen functional groups attached to an aromatic ring is 1. The molecule has 0 atom stereocenters. The summed E-state index contributed by atoms with van der Waals surface area (Å²) in [5, 5.41) is 15.9. The van der Waals surface area contributed by atoms with Crippen LogP contribution in [-0.4, -0.2) is 16.2 Å². The molecule has 0 radical (unpaired) electrons. The number of carboxylic acids is 1. The molecule has 0 aliphatic rings. The van der Waals surface area contributed by atoms with Crippen LogP contribution in [0.5, 0.6) is 0 Å². The molecule has 0 aliphatic carbocycles. The Balaban J connectivity index is 2.28. The highest BCUT2D eigenvalue weighted by atomic mass is 35.5. The van der Waals surface area contributed by atoms with Gasteiger partial charge in [-0.1, -0.05) is 16.8 Å². The molecule has 0 amide bonds. The van der Waals surface area contributed by atoms with Gasteiger partial charge in [0, 0.05) is 11.8 Å². The molecule has 7 heteroatoms. The fourth-order valence-corrected chi connectivity index (χ4v) is 1.78. The monoisotopic (exact) mass is 267 g/mol. The Morgan fingerprint density at radius 2 is 2.33 bits per heavy atom. The number of aromatic carboxylic acids is 1. The number of benzene rings is 1. The minimum atomic E-state index is -1.10. The maximum Gasteiger partial charge on any atom is 0.337 e. The van der Waals surface area contributed by atoms with Crippen molar-refractivity contribution in [2.24, 2.45) is 0 Å². The summed E-state index contributed by atoms with van der Waals surface area (Å²) >= 11 is 5.97. The van der Waals surface area contributed by atoms with E-state index in [1.807, 2.05) is 0 Å². The first kappa shape index (κ1) is 12.3. The molecule has 18 heavy (non-hydrogen) atoms. The summed E-state index contributed by atoms with van der Waals surface area (Å²) < 4.78 is 4.67. The third kappa shape index (κ3) is 2.54. The molecule has 0 fully saturated rings. The van der Waals surface area contributed by atoms with Crippen molar-refractivity contribution in [1.29, 1.82) is 0 Å². The Kier molecular flexibility index (Phi) is 3.38. The number of nitrogens with two attached hydrogens (primary N) is 1. The number of hydrogen-bond donors (Lipinski definition) is 3. The number of halogens is 1. The van der Waals surface area contributed by atoms with Crippen molar-refractivity contribution in [3.8, 4) is 0 Å². The Labute approximate surface area is 107 Å². The first-order valence-corrected chi connectivity index (χ1v) is 5.41. The third-order valence-corrected chi connectivity index (χ3v) is 2.58. The summed E-state index contributed by atoms with van der Waals surface area (Å²) in [6.07, 6.45) is 1.43. The third-order valence-electron chi connectivity index (χ3n) is 2.28. The van der Waals surface area contributed by atoms with Gasteiger partial charge in [0.25, 0.3) is 0 Å². The second kappa shape index (κ2) is 4.97. The molecule has 6 nitrogen and oxygen atoms in total. The molecule has 0 spiro atoms. The molecule has 0 saturated carbocycles. The van der Waals surface area contributed by atoms with Crippen LogP contribution in [0.2, 0.25) is 5.02 Å². The van der Waals surface area contributed by atoms with Crippen molar-refractivity contribution < 1.29 is 14.4 Å². The topological polar surface area (TPSA) is 101 Å². The molecule has 4 N–H and O–H groups in total. The SMILES string of the molecule is Nc1cc(Cl)c(NCc2ccon2)c(C(=O)O)c1. The standard InChI is InChI=1S/C11H10ClN3O3/c12-9-4-6(13)3-8(11(16)17)10(9)14-5-7-1-2-18-15-7/h1-4,14H,5,13H2,(H,16,17). The summed E-state index contributed by atoms with van der Waals surface area (Å²) in [6.45, 7) is 0.306. The van der Waals surface area contributed by atoms with Crippen LogP contribution >= 0.6 is 11.6 Å². The lowest BCUT2D eigenvalue weighted by molar-refractivity contribution is 0.0698. The Hall–Kier alpha value is -2.21. The highest BCUT2D eigenvalue weighted by molar-refractivity contribution is 6.34. The van der Waals surface area contributed by atoms with Gasteiger partial charge in [0.1, 0.15) is 12.0 Å². The largest absolute Gasteiger partial charge is 0.478 e. The highest BCUT2D eigenvalue weighted by Crippen LogP contribution is 2.29. The lowest BCUT2D eigenvalue weighted by Gasteiger charge is -2.11. The zero-order chi connectivity index (χ0) is 13.1. The van der Waals surface area contributed by atoms with E-state index in [-0.39, 0.29) is 10.6 Å². The van der Waals surface area contributed by atoms with Gasteiger partial charge in [0.15, 0.2) is 0 Å². The van der Waals surface area contributed by atoms with Gasteiger partial charge in [-0.2, -0.15) is 0 Å². The number of nitrogens with one attached hydrogen (secondary N) is 1. The first-order chi connectivity index (χ1) is 8.58. The Morgan fingerprint density at radius 1 is 1.56 bits per heavy atom. The lowest BCUT2D eigenvalue weighted by atomic mass is 10.1. The van der Waals surface area contributed by atoms with E-state index in [1.165, 1.54) is 18.4 Å². The van der Waals surface area contributed by atoms with Gasteiger partial charge in [0.05, 0.1) is 22.8 Å². The molecule has 1 heterocycles. The molecule has 94 valence electrons. The smallest absolute Gasteiger partial charge is 0.337 e. The van der Waals surface area contributed by atoms with Crippen molar-refractivity contribution >= 4 is 28.9 Å². The van der Waals surface area contributed by atoms with Crippen molar-refractivity contribution in [1.82, 2.24) is 5.16 Å².